The van der Waals surface area contributed by atoms with Gasteiger partial charge in [-0.15, -0.1) is 22.7 Å². The van der Waals surface area contributed by atoms with Gasteiger partial charge in [0.25, 0.3) is 0 Å². The Hall–Kier alpha value is -7.54. The molecule has 0 aliphatic carbocycles. The molecule has 0 saturated heterocycles. The van der Waals surface area contributed by atoms with E-state index in [0.29, 0.717) is 30.9 Å². The van der Waals surface area contributed by atoms with Gasteiger partial charge >= 0.3 is 11.9 Å². The zero-order valence-electron chi connectivity index (χ0n) is 31.1. The summed E-state index contributed by atoms with van der Waals surface area (Å²) in [5.74, 6) is -1.28. The van der Waals surface area contributed by atoms with Crippen molar-refractivity contribution >= 4 is 97.1 Å². The van der Waals surface area contributed by atoms with Crippen LogP contribution in [0.3, 0.4) is 0 Å². The molecule has 10 aromatic rings. The highest BCUT2D eigenvalue weighted by molar-refractivity contribution is 7.24. The van der Waals surface area contributed by atoms with Crippen LogP contribution in [-0.4, -0.2) is 11.9 Å². The van der Waals surface area contributed by atoms with Gasteiger partial charge in [-0.2, -0.15) is 0 Å². The van der Waals surface area contributed by atoms with Crippen LogP contribution in [0.4, 0.5) is 10.0 Å². The van der Waals surface area contributed by atoms with Crippen LogP contribution >= 0.6 is 22.7 Å². The van der Waals surface area contributed by atoms with Crippen molar-refractivity contribution in [3.05, 3.63) is 207 Å². The predicted octanol–water partition coefficient (Wildman–Crippen LogP) is 7.95. The van der Waals surface area contributed by atoms with Crippen LogP contribution in [0.1, 0.15) is 31.8 Å². The summed E-state index contributed by atoms with van der Waals surface area (Å²) < 4.78 is 12.7. The lowest BCUT2D eigenvalue weighted by molar-refractivity contribution is 0.0466. The molecule has 0 N–H and O–H groups in total. The third-order valence-electron chi connectivity index (χ3n) is 10.4. The maximum atomic E-state index is 14.1. The first-order valence-electron chi connectivity index (χ1n) is 18.7. The Morgan fingerprint density at radius 2 is 0.750 bits per heavy atom. The van der Waals surface area contributed by atoms with E-state index in [1.54, 1.807) is 72.8 Å². The van der Waals surface area contributed by atoms with Crippen molar-refractivity contribution in [3.8, 4) is 0 Å². The molecule has 2 heterocycles. The average Bonchev–Trinajstić information content (AvgIpc) is 4.03. The Balaban J connectivity index is 1.22. The summed E-state index contributed by atoms with van der Waals surface area (Å²) in [6.45, 7) is -0.0150. The molecule has 0 aliphatic rings. The standard InChI is InChI=1S/C48H26N2O8S2/c51-41-27-15-7-8-16-28(27)42(52)39(41)49-37-21-33-35(47(55)57-23-25-11-3-1-4-12-25)19-31-32(45(33)59-37)20-36(48(56)58-24-26-13-5-2-6-14-26)34-22-38(60-46(31)34)50-40-43(53)29-17-9-10-18-30(29)44(40)54/h1-22H,23-24H2. The molecular formula is C48H26N2O8S2. The average molecular weight is 823 g/mol. The number of carbonyl (C=O) groups is 2. The molecule has 0 bridgehead atoms. The zero-order valence-corrected chi connectivity index (χ0v) is 32.7. The summed E-state index contributed by atoms with van der Waals surface area (Å²) in [6, 6.07) is 38.1. The lowest BCUT2D eigenvalue weighted by atomic mass is 9.98. The Labute approximate surface area is 345 Å². The lowest BCUT2D eigenvalue weighted by Crippen LogP contribution is -2.31. The molecule has 0 aliphatic heterocycles. The van der Waals surface area contributed by atoms with Crippen LogP contribution in [0, 0.1) is 0 Å². The number of hydrogen-bond donors (Lipinski definition) is 0. The Kier molecular flexibility index (Phi) is 9.00. The molecule has 8 aromatic carbocycles. The summed E-state index contributed by atoms with van der Waals surface area (Å²) >= 11 is 2.29. The number of ether oxygens (including phenoxy) is 2. The first-order valence-corrected chi connectivity index (χ1v) is 20.3. The van der Waals surface area contributed by atoms with Crippen LogP contribution < -0.4 is 32.4 Å². The minimum Gasteiger partial charge on any atom is -0.457 e. The van der Waals surface area contributed by atoms with Gasteiger partial charge in [-0.05, 0) is 35.4 Å². The number of fused-ring (bicyclic) bond motifs is 7. The number of carbonyl (C=O) groups excluding carboxylic acids is 2. The van der Waals surface area contributed by atoms with Crippen molar-refractivity contribution in [2.75, 3.05) is 0 Å². The SMILES string of the molecule is O=C(OCc1ccccc1)c1cc2c(cc(C(=O)OCc3ccccc3)c3cc(N=c4c(=O)c5ccccc5c4=O)sc32)c2sc(N=c3c(=O)c4ccccc4c3=O)cc12. The zero-order chi connectivity index (χ0) is 41.1. The monoisotopic (exact) mass is 822 g/mol. The molecule has 0 radical (unpaired) electrons. The first kappa shape index (κ1) is 36.8. The van der Waals surface area contributed by atoms with E-state index in [4.69, 9.17) is 9.47 Å². The molecule has 0 unspecified atom stereocenters. The summed E-state index contributed by atoms with van der Waals surface area (Å²) in [5.41, 5.74) is -0.0785. The topological polar surface area (TPSA) is 146 Å². The Morgan fingerprint density at radius 1 is 0.417 bits per heavy atom. The van der Waals surface area contributed by atoms with Gasteiger partial charge in [-0.3, -0.25) is 19.2 Å². The Morgan fingerprint density at radius 3 is 1.10 bits per heavy atom. The molecule has 0 saturated carbocycles. The van der Waals surface area contributed by atoms with Gasteiger partial charge in [0, 0.05) is 52.5 Å². The summed E-state index contributed by atoms with van der Waals surface area (Å²) in [4.78, 5) is 90.8. The number of thiophene rings is 2. The molecule has 10 rings (SSSR count). The molecule has 10 nitrogen and oxygen atoms in total. The van der Waals surface area contributed by atoms with E-state index in [1.807, 2.05) is 60.7 Å². The molecule has 0 spiro atoms. The Bertz CT molecular complexity index is 3390. The van der Waals surface area contributed by atoms with Gasteiger partial charge in [-0.25, -0.2) is 19.6 Å². The van der Waals surface area contributed by atoms with E-state index in [1.165, 1.54) is 0 Å². The molecule has 0 atom stereocenters. The molecular weight excluding hydrogens is 797 g/mol. The third-order valence-corrected chi connectivity index (χ3v) is 12.5. The minimum atomic E-state index is -0.639. The second-order valence-corrected chi connectivity index (χ2v) is 16.1. The van der Waals surface area contributed by atoms with Gasteiger partial charge < -0.3 is 9.47 Å². The highest BCUT2D eigenvalue weighted by Gasteiger charge is 2.24. The van der Waals surface area contributed by atoms with Gasteiger partial charge in [0.1, 0.15) is 23.2 Å². The summed E-state index contributed by atoms with van der Waals surface area (Å²) in [6.07, 6.45) is 0. The molecule has 0 fully saturated rings. The highest BCUT2D eigenvalue weighted by Crippen LogP contribution is 2.45. The van der Waals surface area contributed by atoms with Gasteiger partial charge in [-0.1, -0.05) is 109 Å². The van der Waals surface area contributed by atoms with Crippen LogP contribution in [-0.2, 0) is 22.7 Å². The molecule has 0 amide bonds. The number of hydrogen-bond acceptors (Lipinski definition) is 12. The van der Waals surface area contributed by atoms with Gasteiger partial charge in [0.15, 0.2) is 10.7 Å². The minimum absolute atomic E-state index is 0.00749. The van der Waals surface area contributed by atoms with Crippen molar-refractivity contribution in [3.63, 3.8) is 0 Å². The maximum Gasteiger partial charge on any atom is 0.339 e. The number of nitrogens with zero attached hydrogens (tertiary/aromatic N) is 2. The second-order valence-electron chi connectivity index (χ2n) is 14.1. The van der Waals surface area contributed by atoms with Crippen molar-refractivity contribution in [2.24, 2.45) is 9.98 Å². The van der Waals surface area contributed by atoms with Gasteiger partial charge in [0.05, 0.1) is 11.1 Å². The normalized spacial score (nSPS) is 11.5. The van der Waals surface area contributed by atoms with Crippen molar-refractivity contribution in [1.29, 1.82) is 0 Å². The summed E-state index contributed by atoms with van der Waals surface area (Å²) in [5, 5.41) is 3.10. The quantitative estimate of drug-likeness (QED) is 0.141. The van der Waals surface area contributed by atoms with E-state index >= 15 is 0 Å². The number of rotatable bonds is 8. The number of esters is 2. The summed E-state index contributed by atoms with van der Waals surface area (Å²) in [7, 11) is 0. The van der Waals surface area contributed by atoms with Gasteiger partial charge in [0.2, 0.25) is 21.7 Å². The van der Waals surface area contributed by atoms with Crippen LogP contribution in [0.25, 0.3) is 52.5 Å². The maximum absolute atomic E-state index is 14.1. The first-order chi connectivity index (χ1) is 29.2. The van der Waals surface area contributed by atoms with Crippen LogP contribution in [0.5, 0.6) is 0 Å². The second kappa shape index (κ2) is 14.7. The van der Waals surface area contributed by atoms with E-state index in [0.717, 1.165) is 33.8 Å². The third kappa shape index (κ3) is 6.26. The fourth-order valence-electron chi connectivity index (χ4n) is 7.48. The van der Waals surface area contributed by atoms with E-state index in [9.17, 15) is 28.8 Å². The molecule has 2 aromatic heterocycles. The predicted molar refractivity (Wildman–Crippen MR) is 234 cm³/mol. The van der Waals surface area contributed by atoms with E-state index < -0.39 is 33.7 Å². The smallest absolute Gasteiger partial charge is 0.339 e. The van der Waals surface area contributed by atoms with Crippen molar-refractivity contribution < 1.29 is 19.1 Å². The van der Waals surface area contributed by atoms with E-state index in [-0.39, 0.29) is 66.6 Å². The molecule has 60 heavy (non-hydrogen) atoms. The van der Waals surface area contributed by atoms with Crippen molar-refractivity contribution in [1.82, 2.24) is 0 Å². The molecule has 288 valence electrons. The lowest BCUT2D eigenvalue weighted by Gasteiger charge is -2.11. The van der Waals surface area contributed by atoms with Crippen molar-refractivity contribution in [2.45, 2.75) is 13.2 Å². The fraction of sp³-hybridized carbons (Fsp3) is 0.0417. The number of benzene rings is 6. The van der Waals surface area contributed by atoms with Crippen LogP contribution in [0.15, 0.2) is 163 Å². The highest BCUT2D eigenvalue weighted by atomic mass is 32.1. The molecule has 12 heteroatoms. The fourth-order valence-corrected chi connectivity index (χ4v) is 9.64. The van der Waals surface area contributed by atoms with E-state index in [2.05, 4.69) is 9.98 Å². The van der Waals surface area contributed by atoms with Crippen LogP contribution in [0.2, 0.25) is 0 Å². The largest absolute Gasteiger partial charge is 0.457 e.